The van der Waals surface area contributed by atoms with E-state index >= 15 is 0 Å². The van der Waals surface area contributed by atoms with Crippen LogP contribution >= 0.6 is 11.3 Å². The Hall–Kier alpha value is -1.95. The largest absolute Gasteiger partial charge is 0.435 e. The van der Waals surface area contributed by atoms with Crippen LogP contribution in [-0.4, -0.2) is 12.5 Å². The molecular formula is C16H17F2NO2S. The number of benzene rings is 1. The van der Waals surface area contributed by atoms with E-state index in [0.29, 0.717) is 6.42 Å². The molecule has 1 aromatic carbocycles. The van der Waals surface area contributed by atoms with Crippen LogP contribution in [0.25, 0.3) is 0 Å². The van der Waals surface area contributed by atoms with Crippen LogP contribution in [0.3, 0.4) is 0 Å². The number of amides is 1. The first-order chi connectivity index (χ1) is 10.5. The smallest absolute Gasteiger partial charge is 0.387 e. The van der Waals surface area contributed by atoms with Crippen molar-refractivity contribution in [3.8, 4) is 5.75 Å². The van der Waals surface area contributed by atoms with Crippen LogP contribution in [-0.2, 0) is 11.2 Å². The highest BCUT2D eigenvalue weighted by Crippen LogP contribution is 2.19. The summed E-state index contributed by atoms with van der Waals surface area (Å²) in [6, 6.07) is 10.1. The average Bonchev–Trinajstić information content (AvgIpc) is 2.98. The number of carbonyl (C=O) groups is 1. The summed E-state index contributed by atoms with van der Waals surface area (Å²) in [7, 11) is 0. The number of nitrogens with one attached hydrogen (secondary N) is 1. The van der Waals surface area contributed by atoms with Crippen molar-refractivity contribution in [3.05, 3.63) is 52.2 Å². The lowest BCUT2D eigenvalue weighted by Crippen LogP contribution is -2.26. The molecule has 6 heteroatoms. The minimum atomic E-state index is -2.83. The van der Waals surface area contributed by atoms with Crippen molar-refractivity contribution in [3.63, 3.8) is 0 Å². The maximum absolute atomic E-state index is 12.1. The van der Waals surface area contributed by atoms with Gasteiger partial charge < -0.3 is 10.1 Å². The number of hydrogen-bond acceptors (Lipinski definition) is 3. The predicted octanol–water partition coefficient (Wildman–Crippen LogP) is 4.16. The molecule has 0 radical (unpaired) electrons. The van der Waals surface area contributed by atoms with Crippen LogP contribution in [0.2, 0.25) is 0 Å². The highest BCUT2D eigenvalue weighted by molar-refractivity contribution is 7.09. The van der Waals surface area contributed by atoms with Crippen molar-refractivity contribution in [2.24, 2.45) is 0 Å². The van der Waals surface area contributed by atoms with Crippen LogP contribution in [0.1, 0.15) is 29.8 Å². The summed E-state index contributed by atoms with van der Waals surface area (Å²) in [6.07, 6.45) is 1.15. The van der Waals surface area contributed by atoms with Gasteiger partial charge in [-0.2, -0.15) is 8.78 Å². The van der Waals surface area contributed by atoms with Crippen LogP contribution in [0.15, 0.2) is 41.8 Å². The van der Waals surface area contributed by atoms with Crippen molar-refractivity contribution < 1.29 is 18.3 Å². The van der Waals surface area contributed by atoms with Gasteiger partial charge in [-0.1, -0.05) is 18.2 Å². The van der Waals surface area contributed by atoms with E-state index in [1.165, 1.54) is 17.0 Å². The van der Waals surface area contributed by atoms with Crippen molar-refractivity contribution >= 4 is 17.2 Å². The fourth-order valence-electron chi connectivity index (χ4n) is 2.03. The van der Waals surface area contributed by atoms with E-state index < -0.39 is 6.61 Å². The second-order valence-corrected chi connectivity index (χ2v) is 5.85. The molecular weight excluding hydrogens is 308 g/mol. The summed E-state index contributed by atoms with van der Waals surface area (Å²) in [4.78, 5) is 13.1. The Balaban J connectivity index is 1.83. The number of carbonyl (C=O) groups excluding carboxylic acids is 1. The number of halogens is 2. The number of alkyl halides is 2. The van der Waals surface area contributed by atoms with E-state index in [4.69, 9.17) is 0 Å². The second kappa shape index (κ2) is 7.89. The van der Waals surface area contributed by atoms with Crippen molar-refractivity contribution in [1.82, 2.24) is 5.32 Å². The number of aryl methyl sites for hydroxylation is 1. The van der Waals surface area contributed by atoms with E-state index in [1.54, 1.807) is 23.5 Å². The summed E-state index contributed by atoms with van der Waals surface area (Å²) in [5.74, 6) is 0.0729. The Morgan fingerprint density at radius 3 is 2.59 bits per heavy atom. The zero-order chi connectivity index (χ0) is 15.9. The summed E-state index contributed by atoms with van der Waals surface area (Å²) in [5, 5.41) is 4.88. The molecule has 3 nitrogen and oxygen atoms in total. The average molecular weight is 325 g/mol. The molecule has 2 rings (SSSR count). The molecule has 0 bridgehead atoms. The van der Waals surface area contributed by atoms with Crippen LogP contribution in [0.5, 0.6) is 5.75 Å². The van der Waals surface area contributed by atoms with Gasteiger partial charge in [-0.25, -0.2) is 0 Å². The van der Waals surface area contributed by atoms with Gasteiger partial charge in [-0.15, -0.1) is 11.3 Å². The Morgan fingerprint density at radius 2 is 2.00 bits per heavy atom. The first kappa shape index (κ1) is 16.4. The molecule has 118 valence electrons. The maximum atomic E-state index is 12.1. The summed E-state index contributed by atoms with van der Waals surface area (Å²) < 4.78 is 28.4. The lowest BCUT2D eigenvalue weighted by molar-refractivity contribution is -0.121. The van der Waals surface area contributed by atoms with Crippen LogP contribution in [0.4, 0.5) is 8.78 Å². The van der Waals surface area contributed by atoms with Gasteiger partial charge in [-0.05, 0) is 42.5 Å². The van der Waals surface area contributed by atoms with Gasteiger partial charge in [0.05, 0.1) is 6.04 Å². The van der Waals surface area contributed by atoms with Crippen molar-refractivity contribution in [2.75, 3.05) is 0 Å². The third kappa shape index (κ3) is 5.11. The molecule has 1 atom stereocenters. The Morgan fingerprint density at radius 1 is 1.27 bits per heavy atom. The molecule has 1 N–H and O–H groups in total. The Labute approximate surface area is 131 Å². The second-order valence-electron chi connectivity index (χ2n) is 4.82. The number of thiophene rings is 1. The normalized spacial score (nSPS) is 12.2. The fraction of sp³-hybridized carbons (Fsp3) is 0.312. The van der Waals surface area contributed by atoms with Crippen LogP contribution in [0, 0.1) is 0 Å². The molecule has 0 aliphatic rings. The molecule has 1 aromatic heterocycles. The molecule has 0 aliphatic heterocycles. The van der Waals surface area contributed by atoms with Crippen molar-refractivity contribution in [1.29, 1.82) is 0 Å². The zero-order valence-electron chi connectivity index (χ0n) is 12.1. The van der Waals surface area contributed by atoms with Gasteiger partial charge >= 0.3 is 6.61 Å². The minimum absolute atomic E-state index is 0.0335. The number of ether oxygens (including phenoxy) is 1. The van der Waals surface area contributed by atoms with Gasteiger partial charge in [0, 0.05) is 11.3 Å². The standard InChI is InChI=1S/C16H17F2NO2S/c1-11(12-4-6-13(7-5-12)21-16(17)18)19-15(20)9-8-14-3-2-10-22-14/h2-7,10-11,16H,8-9H2,1H3,(H,19,20). The molecule has 0 saturated carbocycles. The minimum Gasteiger partial charge on any atom is -0.435 e. The van der Waals surface area contributed by atoms with E-state index in [-0.39, 0.29) is 17.7 Å². The SMILES string of the molecule is CC(NC(=O)CCc1cccs1)c1ccc(OC(F)F)cc1. The Bertz CT molecular complexity index is 585. The molecule has 2 aromatic rings. The van der Waals surface area contributed by atoms with E-state index in [2.05, 4.69) is 10.1 Å². The van der Waals surface area contributed by atoms with Gasteiger partial charge in [-0.3, -0.25) is 4.79 Å². The first-order valence-electron chi connectivity index (χ1n) is 6.91. The Kier molecular flexibility index (Phi) is 5.89. The molecule has 1 unspecified atom stereocenters. The van der Waals surface area contributed by atoms with Gasteiger partial charge in [0.2, 0.25) is 5.91 Å². The van der Waals surface area contributed by atoms with E-state index in [0.717, 1.165) is 12.0 Å². The third-order valence-corrected chi connectivity index (χ3v) is 4.10. The maximum Gasteiger partial charge on any atom is 0.387 e. The monoisotopic (exact) mass is 325 g/mol. The zero-order valence-corrected chi connectivity index (χ0v) is 12.9. The highest BCUT2D eigenvalue weighted by Gasteiger charge is 2.11. The highest BCUT2D eigenvalue weighted by atomic mass is 32.1. The van der Waals surface area contributed by atoms with Crippen LogP contribution < -0.4 is 10.1 Å². The van der Waals surface area contributed by atoms with E-state index in [9.17, 15) is 13.6 Å². The molecule has 0 saturated heterocycles. The number of rotatable bonds is 7. The third-order valence-electron chi connectivity index (χ3n) is 3.16. The number of hydrogen-bond donors (Lipinski definition) is 1. The molecule has 0 aliphatic carbocycles. The van der Waals surface area contributed by atoms with Gasteiger partial charge in [0.15, 0.2) is 0 Å². The molecule has 22 heavy (non-hydrogen) atoms. The first-order valence-corrected chi connectivity index (χ1v) is 7.79. The molecule has 0 fully saturated rings. The predicted molar refractivity (Wildman–Crippen MR) is 82.3 cm³/mol. The molecule has 0 spiro atoms. The summed E-state index contributed by atoms with van der Waals surface area (Å²) in [5.41, 5.74) is 0.839. The van der Waals surface area contributed by atoms with Crippen molar-refractivity contribution in [2.45, 2.75) is 32.4 Å². The fourth-order valence-corrected chi connectivity index (χ4v) is 2.74. The lowest BCUT2D eigenvalue weighted by Gasteiger charge is -2.15. The molecule has 1 amide bonds. The van der Waals surface area contributed by atoms with Gasteiger partial charge in [0.25, 0.3) is 0 Å². The summed E-state index contributed by atoms with van der Waals surface area (Å²) in [6.45, 7) is -0.980. The topological polar surface area (TPSA) is 38.3 Å². The van der Waals surface area contributed by atoms with E-state index in [1.807, 2.05) is 24.4 Å². The molecule has 1 heterocycles. The lowest BCUT2D eigenvalue weighted by atomic mass is 10.1. The summed E-state index contributed by atoms with van der Waals surface area (Å²) >= 11 is 1.63. The van der Waals surface area contributed by atoms with Gasteiger partial charge in [0.1, 0.15) is 5.75 Å². The quantitative estimate of drug-likeness (QED) is 0.830.